The summed E-state index contributed by atoms with van der Waals surface area (Å²) in [6, 6.07) is 3.77. The zero-order valence-electron chi connectivity index (χ0n) is 8.07. The minimum absolute atomic E-state index is 0.395. The summed E-state index contributed by atoms with van der Waals surface area (Å²) in [7, 11) is 5.03. The Morgan fingerprint density at radius 1 is 1.38 bits per heavy atom. The van der Waals surface area contributed by atoms with Crippen LogP contribution in [0.1, 0.15) is 12.0 Å². The highest BCUT2D eigenvalue weighted by atomic mass is 16.7. The molecule has 0 bridgehead atoms. The second kappa shape index (κ2) is 4.79. The molecular weight excluding hydrogens is 168 g/mol. The van der Waals surface area contributed by atoms with Gasteiger partial charge in [0, 0.05) is 33.2 Å². The number of methoxy groups -OCH3 is 2. The predicted octanol–water partition coefficient (Wildman–Crippen LogP) is 1.41. The van der Waals surface area contributed by atoms with Gasteiger partial charge in [0.05, 0.1) is 5.69 Å². The lowest BCUT2D eigenvalue weighted by molar-refractivity contribution is -0.108. The molecule has 0 aliphatic carbocycles. The molecule has 4 nitrogen and oxygen atoms in total. The summed E-state index contributed by atoms with van der Waals surface area (Å²) in [5.74, 6) is 0. The van der Waals surface area contributed by atoms with E-state index in [-0.39, 0.29) is 0 Å². The maximum absolute atomic E-state index is 5.07. The smallest absolute Gasteiger partial charge is 0.200 e. The summed E-state index contributed by atoms with van der Waals surface area (Å²) in [6.45, 7) is 0. The number of hydrogen-bond acceptors (Lipinski definition) is 4. The van der Waals surface area contributed by atoms with Crippen LogP contribution in [0, 0.1) is 0 Å². The number of aromatic nitrogens is 1. The third kappa shape index (κ3) is 2.40. The molecule has 72 valence electrons. The lowest BCUT2D eigenvalue weighted by atomic mass is 10.3. The first kappa shape index (κ1) is 9.95. The van der Waals surface area contributed by atoms with Crippen LogP contribution in [0.3, 0.4) is 0 Å². The van der Waals surface area contributed by atoms with Crippen molar-refractivity contribution in [2.75, 3.05) is 26.6 Å². The molecule has 1 aromatic heterocycles. The van der Waals surface area contributed by atoms with E-state index in [9.17, 15) is 0 Å². The van der Waals surface area contributed by atoms with E-state index in [0.717, 1.165) is 11.4 Å². The number of nitrogens with zero attached hydrogens (tertiary/aromatic N) is 1. The summed E-state index contributed by atoms with van der Waals surface area (Å²) in [4.78, 5) is 4.14. The van der Waals surface area contributed by atoms with Gasteiger partial charge in [0.25, 0.3) is 0 Å². The fourth-order valence-electron chi connectivity index (χ4n) is 1.07. The number of nitrogens with one attached hydrogen (secondary N) is 1. The van der Waals surface area contributed by atoms with E-state index in [2.05, 4.69) is 10.3 Å². The summed E-state index contributed by atoms with van der Waals surface area (Å²) < 4.78 is 10.1. The van der Waals surface area contributed by atoms with Crippen LogP contribution in [0.4, 0.5) is 5.69 Å². The van der Waals surface area contributed by atoms with Gasteiger partial charge in [0.1, 0.15) is 0 Å². The number of anilines is 1. The quantitative estimate of drug-likeness (QED) is 0.715. The molecule has 0 aliphatic heterocycles. The van der Waals surface area contributed by atoms with Crippen LogP contribution in [-0.2, 0) is 9.47 Å². The first-order valence-corrected chi connectivity index (χ1v) is 4.01. The largest absolute Gasteiger partial charge is 0.388 e. The highest BCUT2D eigenvalue weighted by Crippen LogP contribution is 2.17. The lowest BCUT2D eigenvalue weighted by Gasteiger charge is -2.13. The van der Waals surface area contributed by atoms with Gasteiger partial charge in [0.15, 0.2) is 0 Å². The molecule has 13 heavy (non-hydrogen) atoms. The summed E-state index contributed by atoms with van der Waals surface area (Å²) in [5, 5.41) is 3.02. The van der Waals surface area contributed by atoms with E-state index >= 15 is 0 Å². The van der Waals surface area contributed by atoms with Crippen molar-refractivity contribution in [1.29, 1.82) is 0 Å². The van der Waals surface area contributed by atoms with Gasteiger partial charge in [0.2, 0.25) is 6.29 Å². The molecule has 0 aromatic carbocycles. The van der Waals surface area contributed by atoms with E-state index in [1.165, 1.54) is 0 Å². The van der Waals surface area contributed by atoms with E-state index in [1.807, 2.05) is 19.2 Å². The third-order valence-electron chi connectivity index (χ3n) is 1.74. The molecule has 0 atom stereocenters. The van der Waals surface area contributed by atoms with E-state index in [4.69, 9.17) is 9.47 Å². The Hall–Kier alpha value is -1.13. The van der Waals surface area contributed by atoms with E-state index < -0.39 is 6.29 Å². The second-order valence-electron chi connectivity index (χ2n) is 2.52. The van der Waals surface area contributed by atoms with Crippen LogP contribution in [0.5, 0.6) is 0 Å². The Morgan fingerprint density at radius 3 is 2.62 bits per heavy atom. The second-order valence-corrected chi connectivity index (χ2v) is 2.52. The molecule has 0 unspecified atom stereocenters. The molecule has 0 radical (unpaired) electrons. The average molecular weight is 182 g/mol. The normalized spacial score (nSPS) is 10.5. The fourth-order valence-corrected chi connectivity index (χ4v) is 1.07. The van der Waals surface area contributed by atoms with Crippen molar-refractivity contribution in [1.82, 2.24) is 4.98 Å². The van der Waals surface area contributed by atoms with Gasteiger partial charge in [-0.05, 0) is 12.1 Å². The van der Waals surface area contributed by atoms with Crippen LogP contribution in [-0.4, -0.2) is 26.3 Å². The van der Waals surface area contributed by atoms with Crippen molar-refractivity contribution in [3.63, 3.8) is 0 Å². The number of pyridine rings is 1. The van der Waals surface area contributed by atoms with Crippen LogP contribution in [0.25, 0.3) is 0 Å². The van der Waals surface area contributed by atoms with E-state index in [0.29, 0.717) is 0 Å². The Kier molecular flexibility index (Phi) is 3.67. The fraction of sp³-hybridized carbons (Fsp3) is 0.444. The van der Waals surface area contributed by atoms with Gasteiger partial charge < -0.3 is 14.8 Å². The summed E-state index contributed by atoms with van der Waals surface area (Å²) in [5.41, 5.74) is 1.75. The Balaban J connectivity index is 2.86. The molecule has 4 heteroatoms. The number of ether oxygens (including phenoxy) is 2. The van der Waals surface area contributed by atoms with Crippen LogP contribution in [0.15, 0.2) is 18.3 Å². The molecule has 1 N–H and O–H groups in total. The van der Waals surface area contributed by atoms with Gasteiger partial charge in [-0.3, -0.25) is 4.98 Å². The highest BCUT2D eigenvalue weighted by Gasteiger charge is 2.09. The zero-order valence-corrected chi connectivity index (χ0v) is 8.07. The molecule has 0 aliphatic rings. The van der Waals surface area contributed by atoms with Crippen LogP contribution >= 0.6 is 0 Å². The standard InChI is InChI=1S/C9H14N2O2/c1-10-7-4-5-11-8(6-7)9(12-2)13-3/h4-6,9H,1-3H3,(H,10,11). The first-order chi connectivity index (χ1) is 6.31. The molecular formula is C9H14N2O2. The Morgan fingerprint density at radius 2 is 2.08 bits per heavy atom. The molecule has 0 spiro atoms. The molecule has 0 fully saturated rings. The van der Waals surface area contributed by atoms with Crippen molar-refractivity contribution in [2.45, 2.75) is 6.29 Å². The van der Waals surface area contributed by atoms with E-state index in [1.54, 1.807) is 20.4 Å². The molecule has 1 heterocycles. The summed E-state index contributed by atoms with van der Waals surface area (Å²) in [6.07, 6.45) is 1.32. The van der Waals surface area contributed by atoms with Gasteiger partial charge in [-0.15, -0.1) is 0 Å². The third-order valence-corrected chi connectivity index (χ3v) is 1.74. The monoisotopic (exact) mass is 182 g/mol. The van der Waals surface area contributed by atoms with Crippen molar-refractivity contribution < 1.29 is 9.47 Å². The molecule has 0 saturated heterocycles. The van der Waals surface area contributed by atoms with Crippen molar-refractivity contribution in [3.05, 3.63) is 24.0 Å². The van der Waals surface area contributed by atoms with Gasteiger partial charge in [-0.2, -0.15) is 0 Å². The molecule has 0 saturated carbocycles. The average Bonchev–Trinajstić information content (AvgIpc) is 2.20. The van der Waals surface area contributed by atoms with Crippen molar-refractivity contribution in [2.24, 2.45) is 0 Å². The number of hydrogen-bond donors (Lipinski definition) is 1. The maximum atomic E-state index is 5.07. The molecule has 1 aromatic rings. The van der Waals surface area contributed by atoms with Gasteiger partial charge in [-0.1, -0.05) is 0 Å². The predicted molar refractivity (Wildman–Crippen MR) is 50.5 cm³/mol. The van der Waals surface area contributed by atoms with Crippen LogP contribution in [0.2, 0.25) is 0 Å². The SMILES string of the molecule is CNc1ccnc(C(OC)OC)c1. The molecule has 0 amide bonds. The minimum Gasteiger partial charge on any atom is -0.388 e. The Labute approximate surface area is 77.9 Å². The lowest BCUT2D eigenvalue weighted by Crippen LogP contribution is -2.06. The Bertz CT molecular complexity index is 262. The maximum Gasteiger partial charge on any atom is 0.200 e. The molecule has 1 rings (SSSR count). The van der Waals surface area contributed by atoms with Crippen molar-refractivity contribution >= 4 is 5.69 Å². The summed E-state index contributed by atoms with van der Waals surface area (Å²) >= 11 is 0. The first-order valence-electron chi connectivity index (χ1n) is 4.01. The minimum atomic E-state index is -0.395. The topological polar surface area (TPSA) is 43.4 Å². The highest BCUT2D eigenvalue weighted by molar-refractivity contribution is 5.42. The zero-order chi connectivity index (χ0) is 9.68. The van der Waals surface area contributed by atoms with Crippen LogP contribution < -0.4 is 5.32 Å². The van der Waals surface area contributed by atoms with Gasteiger partial charge in [-0.25, -0.2) is 0 Å². The number of rotatable bonds is 4. The van der Waals surface area contributed by atoms with Crippen molar-refractivity contribution in [3.8, 4) is 0 Å². The van der Waals surface area contributed by atoms with Gasteiger partial charge >= 0.3 is 0 Å².